The number of aromatic nitrogens is 1. The molecular formula is C30H28F3N3O5. The standard InChI is InChI=1S/C30H28F3N3O5/c1-16-7-8-23(37)30-10-9-22-24(28(39)34-13-19-20(32)11-18(31)12-21(19)33)26(38)27(41-14-17-5-3-2-4-6-17)25(36(22)30)29(40)35(16)15-30/h2-6,11-12,16,23,37H,7-10,13-15H2,1H3,(H,34,39)/t16-,23-,30+/m0/s1. The van der Waals surface area contributed by atoms with Crippen LogP contribution >= 0.6 is 0 Å². The van der Waals surface area contributed by atoms with Gasteiger partial charge >= 0.3 is 0 Å². The molecule has 0 radical (unpaired) electrons. The first-order valence-corrected chi connectivity index (χ1v) is 13.5. The fourth-order valence-electron chi connectivity index (χ4n) is 6.42. The van der Waals surface area contributed by atoms with Gasteiger partial charge in [-0.3, -0.25) is 14.4 Å². The van der Waals surface area contributed by atoms with Crippen molar-refractivity contribution in [3.63, 3.8) is 0 Å². The van der Waals surface area contributed by atoms with E-state index in [1.165, 1.54) is 0 Å². The van der Waals surface area contributed by atoms with E-state index in [1.807, 2.05) is 13.0 Å². The Morgan fingerprint density at radius 1 is 1.12 bits per heavy atom. The number of ether oxygens (including phenoxy) is 1. The Morgan fingerprint density at radius 3 is 2.54 bits per heavy atom. The number of carbonyl (C=O) groups is 2. The molecule has 214 valence electrons. The molecule has 2 aromatic carbocycles. The summed E-state index contributed by atoms with van der Waals surface area (Å²) in [6, 6.07) is 9.80. The molecule has 8 nitrogen and oxygen atoms in total. The lowest BCUT2D eigenvalue weighted by Gasteiger charge is -2.45. The number of hydrogen-bond donors (Lipinski definition) is 2. The Labute approximate surface area is 233 Å². The van der Waals surface area contributed by atoms with Gasteiger partial charge in [0.2, 0.25) is 5.43 Å². The number of halogens is 3. The van der Waals surface area contributed by atoms with Crippen LogP contribution in [0.2, 0.25) is 0 Å². The van der Waals surface area contributed by atoms with Crippen molar-refractivity contribution in [1.82, 2.24) is 14.8 Å². The van der Waals surface area contributed by atoms with Crippen LogP contribution in [0.25, 0.3) is 0 Å². The molecule has 3 atom stereocenters. The van der Waals surface area contributed by atoms with Crippen molar-refractivity contribution >= 4 is 11.8 Å². The third-order valence-electron chi connectivity index (χ3n) is 8.57. The average molecular weight is 568 g/mol. The van der Waals surface area contributed by atoms with Crippen molar-refractivity contribution in [3.05, 3.63) is 98.2 Å². The number of pyridine rings is 1. The van der Waals surface area contributed by atoms with Gasteiger partial charge in [-0.05, 0) is 38.2 Å². The zero-order valence-corrected chi connectivity index (χ0v) is 22.3. The molecule has 2 amide bonds. The third kappa shape index (κ3) is 4.30. The molecule has 2 bridgehead atoms. The van der Waals surface area contributed by atoms with Crippen LogP contribution in [0, 0.1) is 17.5 Å². The fourth-order valence-corrected chi connectivity index (χ4v) is 6.42. The van der Waals surface area contributed by atoms with Crippen LogP contribution in [0.15, 0.2) is 47.3 Å². The van der Waals surface area contributed by atoms with Gasteiger partial charge in [0.05, 0.1) is 11.6 Å². The third-order valence-corrected chi connectivity index (χ3v) is 8.57. The van der Waals surface area contributed by atoms with Gasteiger partial charge in [-0.2, -0.15) is 0 Å². The molecule has 3 aliphatic rings. The summed E-state index contributed by atoms with van der Waals surface area (Å²) in [6.07, 6.45) is 0.716. The summed E-state index contributed by atoms with van der Waals surface area (Å²) < 4.78 is 49.5. The summed E-state index contributed by atoms with van der Waals surface area (Å²) in [5.74, 6) is -5.12. The van der Waals surface area contributed by atoms with Crippen molar-refractivity contribution in [2.24, 2.45) is 0 Å². The van der Waals surface area contributed by atoms with E-state index in [4.69, 9.17) is 4.74 Å². The van der Waals surface area contributed by atoms with Gasteiger partial charge in [0.25, 0.3) is 11.8 Å². The first-order valence-electron chi connectivity index (χ1n) is 13.5. The second kappa shape index (κ2) is 10.1. The van der Waals surface area contributed by atoms with E-state index in [0.29, 0.717) is 31.4 Å². The Morgan fingerprint density at radius 2 is 1.83 bits per heavy atom. The number of hydrogen-bond acceptors (Lipinski definition) is 5. The molecule has 3 aliphatic heterocycles. The number of aliphatic hydroxyl groups excluding tert-OH is 1. The number of nitrogens with one attached hydrogen (secondary N) is 1. The van der Waals surface area contributed by atoms with Gasteiger partial charge in [-0.15, -0.1) is 0 Å². The minimum atomic E-state index is -1.18. The van der Waals surface area contributed by atoms with Crippen molar-refractivity contribution in [1.29, 1.82) is 0 Å². The zero-order valence-electron chi connectivity index (χ0n) is 22.3. The molecule has 6 rings (SSSR count). The number of carbonyl (C=O) groups excluding carboxylic acids is 2. The van der Waals surface area contributed by atoms with E-state index >= 15 is 0 Å². The maximum absolute atomic E-state index is 14.3. The normalized spacial score (nSPS) is 22.8. The van der Waals surface area contributed by atoms with Gasteiger partial charge < -0.3 is 24.6 Å². The summed E-state index contributed by atoms with van der Waals surface area (Å²) in [6.45, 7) is 1.40. The maximum Gasteiger partial charge on any atom is 0.274 e. The minimum absolute atomic E-state index is 0.00958. The van der Waals surface area contributed by atoms with Gasteiger partial charge in [0.15, 0.2) is 11.4 Å². The number of benzene rings is 2. The molecule has 0 aliphatic carbocycles. The lowest BCUT2D eigenvalue weighted by atomic mass is 9.86. The second-order valence-electron chi connectivity index (χ2n) is 10.9. The smallest absolute Gasteiger partial charge is 0.274 e. The van der Waals surface area contributed by atoms with E-state index in [9.17, 15) is 32.7 Å². The summed E-state index contributed by atoms with van der Waals surface area (Å²) >= 11 is 0. The summed E-state index contributed by atoms with van der Waals surface area (Å²) in [4.78, 5) is 43.1. The molecule has 41 heavy (non-hydrogen) atoms. The van der Waals surface area contributed by atoms with Crippen LogP contribution in [-0.2, 0) is 25.1 Å². The van der Waals surface area contributed by atoms with Crippen LogP contribution in [0.4, 0.5) is 13.2 Å². The van der Waals surface area contributed by atoms with Crippen molar-refractivity contribution < 1.29 is 32.6 Å². The van der Waals surface area contributed by atoms with E-state index in [2.05, 4.69) is 5.32 Å². The van der Waals surface area contributed by atoms with Gasteiger partial charge in [-0.25, -0.2) is 13.2 Å². The topological polar surface area (TPSA) is 101 Å². The molecule has 1 spiro atoms. The van der Waals surface area contributed by atoms with Crippen LogP contribution < -0.4 is 15.5 Å². The molecule has 1 saturated heterocycles. The zero-order chi connectivity index (χ0) is 29.1. The highest BCUT2D eigenvalue weighted by Gasteiger charge is 2.55. The van der Waals surface area contributed by atoms with Gasteiger partial charge in [0, 0.05) is 42.5 Å². The monoisotopic (exact) mass is 567 g/mol. The molecule has 4 heterocycles. The van der Waals surface area contributed by atoms with Crippen LogP contribution in [0.3, 0.4) is 0 Å². The van der Waals surface area contributed by atoms with Crippen molar-refractivity contribution in [2.45, 2.75) is 63.4 Å². The SMILES string of the molecule is C[C@H]1CC[C@H](O)[C@]23CCc4c(C(=O)NCc5c(F)cc(F)cc5F)c(=O)c(OCc5ccccc5)c(n42)C(=O)N1C3. The largest absolute Gasteiger partial charge is 0.483 e. The highest BCUT2D eigenvalue weighted by molar-refractivity contribution is 6.01. The van der Waals surface area contributed by atoms with E-state index in [-0.39, 0.29) is 48.3 Å². The molecular weight excluding hydrogens is 539 g/mol. The maximum atomic E-state index is 14.3. The quantitative estimate of drug-likeness (QED) is 0.476. The molecule has 2 N–H and O–H groups in total. The first-order chi connectivity index (χ1) is 19.6. The Bertz CT molecular complexity index is 1600. The Kier molecular flexibility index (Phi) is 6.64. The molecule has 1 aromatic heterocycles. The summed E-state index contributed by atoms with van der Waals surface area (Å²) in [5.41, 5.74) is -1.70. The average Bonchev–Trinajstić information content (AvgIpc) is 3.27. The van der Waals surface area contributed by atoms with E-state index < -0.39 is 58.4 Å². The van der Waals surface area contributed by atoms with E-state index in [1.54, 1.807) is 33.7 Å². The highest BCUT2D eigenvalue weighted by atomic mass is 19.1. The predicted molar refractivity (Wildman–Crippen MR) is 141 cm³/mol. The highest BCUT2D eigenvalue weighted by Crippen LogP contribution is 2.47. The lowest BCUT2D eigenvalue weighted by molar-refractivity contribution is 0.00586. The predicted octanol–water partition coefficient (Wildman–Crippen LogP) is 3.42. The fraction of sp³-hybridized carbons (Fsp3) is 0.367. The summed E-state index contributed by atoms with van der Waals surface area (Å²) in [5, 5.41) is 13.8. The number of fused-ring (bicyclic) bond motifs is 1. The van der Waals surface area contributed by atoms with Gasteiger partial charge in [-0.1, -0.05) is 30.3 Å². The van der Waals surface area contributed by atoms with Crippen molar-refractivity contribution in [2.75, 3.05) is 6.54 Å². The van der Waals surface area contributed by atoms with E-state index in [0.717, 1.165) is 5.56 Å². The molecule has 3 aromatic rings. The van der Waals surface area contributed by atoms with Crippen LogP contribution in [0.1, 0.15) is 63.9 Å². The summed E-state index contributed by atoms with van der Waals surface area (Å²) in [7, 11) is 0. The molecule has 11 heteroatoms. The minimum Gasteiger partial charge on any atom is -0.483 e. The molecule has 1 fully saturated rings. The number of rotatable bonds is 6. The Hall–Kier alpha value is -4.12. The number of nitrogens with zero attached hydrogens (tertiary/aromatic N) is 2. The Balaban J connectivity index is 1.48. The van der Waals surface area contributed by atoms with Crippen molar-refractivity contribution in [3.8, 4) is 5.75 Å². The first kappa shape index (κ1) is 27.1. The molecule has 0 unspecified atom stereocenters. The van der Waals surface area contributed by atoms with Gasteiger partial charge in [0.1, 0.15) is 29.6 Å². The number of aliphatic hydroxyl groups is 1. The number of amides is 2. The lowest BCUT2D eigenvalue weighted by Crippen LogP contribution is -2.58. The van der Waals surface area contributed by atoms with Crippen LogP contribution in [-0.4, -0.2) is 45.1 Å². The second-order valence-corrected chi connectivity index (χ2v) is 10.9. The molecule has 0 saturated carbocycles. The van der Waals surface area contributed by atoms with Crippen LogP contribution in [0.5, 0.6) is 5.75 Å².